The smallest absolute Gasteiger partial charge is 0.265 e. The molecule has 0 unspecified atom stereocenters. The largest absolute Gasteiger partial charge is 0.493 e. The Morgan fingerprint density at radius 3 is 3.00 bits per heavy atom. The molecule has 2 heterocycles. The highest BCUT2D eigenvalue weighted by molar-refractivity contribution is 5.55. The van der Waals surface area contributed by atoms with Crippen LogP contribution >= 0.6 is 0 Å². The molecule has 0 fully saturated rings. The highest BCUT2D eigenvalue weighted by Gasteiger charge is 2.11. The zero-order valence-electron chi connectivity index (χ0n) is 10.1. The third-order valence-electron chi connectivity index (χ3n) is 2.58. The van der Waals surface area contributed by atoms with E-state index >= 15 is 0 Å². The first-order valence-electron chi connectivity index (χ1n) is 5.53. The van der Waals surface area contributed by atoms with E-state index in [1.807, 2.05) is 0 Å². The third-order valence-corrected chi connectivity index (χ3v) is 2.58. The predicted molar refractivity (Wildman–Crippen MR) is 68.3 cm³/mol. The van der Waals surface area contributed by atoms with Gasteiger partial charge in [0.15, 0.2) is 11.5 Å². The summed E-state index contributed by atoms with van der Waals surface area (Å²) in [4.78, 5) is 4.14. The first-order valence-corrected chi connectivity index (χ1v) is 5.53. The van der Waals surface area contributed by atoms with Gasteiger partial charge in [-0.3, -0.25) is 4.40 Å². The summed E-state index contributed by atoms with van der Waals surface area (Å²) in [5.74, 6) is 1.40. The molecule has 0 aliphatic rings. The van der Waals surface area contributed by atoms with Gasteiger partial charge in [-0.1, -0.05) is 0 Å². The number of benzene rings is 1. The summed E-state index contributed by atoms with van der Waals surface area (Å²) in [7, 11) is 1.55. The second kappa shape index (κ2) is 4.45. The molecule has 0 aliphatic carbocycles. The van der Waals surface area contributed by atoms with Gasteiger partial charge in [0.2, 0.25) is 5.65 Å². The molecule has 0 saturated carbocycles. The van der Waals surface area contributed by atoms with Gasteiger partial charge in [-0.05, 0) is 12.1 Å². The zero-order chi connectivity index (χ0) is 13.2. The molecule has 2 aromatic heterocycles. The summed E-state index contributed by atoms with van der Waals surface area (Å²) in [5, 5.41) is 7.75. The quantitative estimate of drug-likeness (QED) is 0.715. The summed E-state index contributed by atoms with van der Waals surface area (Å²) in [6.45, 7) is 0. The van der Waals surface area contributed by atoms with Gasteiger partial charge in [-0.15, -0.1) is 10.2 Å². The van der Waals surface area contributed by atoms with Gasteiger partial charge in [-0.25, -0.2) is 4.98 Å². The van der Waals surface area contributed by atoms with E-state index < -0.39 is 0 Å². The van der Waals surface area contributed by atoms with Gasteiger partial charge in [0, 0.05) is 24.1 Å². The normalized spacial score (nSPS) is 10.6. The molecule has 0 amide bonds. The van der Waals surface area contributed by atoms with Crippen molar-refractivity contribution in [3.05, 3.63) is 36.9 Å². The Morgan fingerprint density at radius 1 is 1.26 bits per heavy atom. The van der Waals surface area contributed by atoms with Crippen LogP contribution < -0.4 is 15.2 Å². The number of methoxy groups -OCH3 is 1. The average Bonchev–Trinajstić information content (AvgIpc) is 2.90. The maximum Gasteiger partial charge on any atom is 0.265 e. The van der Waals surface area contributed by atoms with E-state index in [4.69, 9.17) is 15.2 Å². The minimum atomic E-state index is 0.350. The Hall–Kier alpha value is -2.83. The highest BCUT2D eigenvalue weighted by atomic mass is 16.5. The second-order valence-corrected chi connectivity index (χ2v) is 3.81. The van der Waals surface area contributed by atoms with Gasteiger partial charge in [0.05, 0.1) is 7.11 Å². The van der Waals surface area contributed by atoms with E-state index in [9.17, 15) is 0 Å². The summed E-state index contributed by atoms with van der Waals surface area (Å²) < 4.78 is 12.6. The average molecular weight is 257 g/mol. The van der Waals surface area contributed by atoms with Crippen LogP contribution in [0.1, 0.15) is 0 Å². The van der Waals surface area contributed by atoms with Crippen LogP contribution in [0.4, 0.5) is 5.69 Å². The molecule has 0 radical (unpaired) electrons. The first kappa shape index (κ1) is 11.3. The van der Waals surface area contributed by atoms with Crippen LogP contribution in [-0.2, 0) is 0 Å². The first-order chi connectivity index (χ1) is 9.28. The van der Waals surface area contributed by atoms with E-state index in [2.05, 4.69) is 15.2 Å². The molecule has 1 aromatic carbocycles. The Morgan fingerprint density at radius 2 is 2.16 bits per heavy atom. The van der Waals surface area contributed by atoms with Gasteiger partial charge < -0.3 is 15.2 Å². The monoisotopic (exact) mass is 257 g/mol. The summed E-state index contributed by atoms with van der Waals surface area (Å²) in [6, 6.07) is 5.12. The summed E-state index contributed by atoms with van der Waals surface area (Å²) in [5.41, 5.74) is 6.82. The number of nitrogens with two attached hydrogens (primary N) is 1. The molecule has 0 aliphatic heterocycles. The van der Waals surface area contributed by atoms with Gasteiger partial charge >= 0.3 is 0 Å². The second-order valence-electron chi connectivity index (χ2n) is 3.81. The van der Waals surface area contributed by atoms with Crippen LogP contribution in [0.3, 0.4) is 0 Å². The molecule has 2 N–H and O–H groups in total. The minimum absolute atomic E-state index is 0.350. The molecule has 3 aromatic rings. The fourth-order valence-electron chi connectivity index (χ4n) is 1.68. The number of anilines is 1. The number of nitrogen functional groups attached to an aromatic ring is 1. The van der Waals surface area contributed by atoms with Crippen molar-refractivity contribution in [1.82, 2.24) is 19.6 Å². The molecule has 3 rings (SSSR count). The van der Waals surface area contributed by atoms with Gasteiger partial charge in [0.1, 0.15) is 6.33 Å². The topological polar surface area (TPSA) is 87.6 Å². The van der Waals surface area contributed by atoms with Crippen molar-refractivity contribution in [3.8, 4) is 17.4 Å². The van der Waals surface area contributed by atoms with Crippen molar-refractivity contribution in [2.45, 2.75) is 0 Å². The Balaban J connectivity index is 2.03. The predicted octanol–water partition coefficient (Wildman–Crippen LogP) is 1.51. The standard InChI is InChI=1S/C12H11N5O2/c1-18-10-6-8(13)2-3-9(10)19-12-11-16-15-7-17(11)5-4-14-12/h2-7H,13H2,1H3. The molecule has 96 valence electrons. The van der Waals surface area contributed by atoms with Crippen molar-refractivity contribution < 1.29 is 9.47 Å². The molecular weight excluding hydrogens is 246 g/mol. The van der Waals surface area contributed by atoms with Crippen molar-refractivity contribution in [3.63, 3.8) is 0 Å². The number of rotatable bonds is 3. The maximum atomic E-state index is 5.71. The van der Waals surface area contributed by atoms with Crippen LogP contribution in [0.25, 0.3) is 5.65 Å². The third kappa shape index (κ3) is 2.01. The Labute approximate surface area is 108 Å². The van der Waals surface area contributed by atoms with Gasteiger partial charge in [0.25, 0.3) is 5.88 Å². The number of nitrogens with zero attached hydrogens (tertiary/aromatic N) is 4. The molecule has 0 atom stereocenters. The number of aromatic nitrogens is 4. The lowest BCUT2D eigenvalue weighted by atomic mass is 10.3. The number of hydrogen-bond acceptors (Lipinski definition) is 6. The van der Waals surface area contributed by atoms with Crippen LogP contribution in [0.5, 0.6) is 17.4 Å². The molecule has 0 spiro atoms. The van der Waals surface area contributed by atoms with E-state index in [0.29, 0.717) is 28.7 Å². The van der Waals surface area contributed by atoms with Gasteiger partial charge in [-0.2, -0.15) is 0 Å². The van der Waals surface area contributed by atoms with Crippen LogP contribution in [0, 0.1) is 0 Å². The van der Waals surface area contributed by atoms with Crippen molar-refractivity contribution in [2.75, 3.05) is 12.8 Å². The molecule has 0 bridgehead atoms. The lowest BCUT2D eigenvalue weighted by Crippen LogP contribution is -1.96. The highest BCUT2D eigenvalue weighted by Crippen LogP contribution is 2.33. The van der Waals surface area contributed by atoms with Crippen LogP contribution in [0.15, 0.2) is 36.9 Å². The van der Waals surface area contributed by atoms with E-state index in [0.717, 1.165) is 0 Å². The number of fused-ring (bicyclic) bond motifs is 1. The summed E-state index contributed by atoms with van der Waals surface area (Å²) >= 11 is 0. The molecular formula is C12H11N5O2. The zero-order valence-corrected chi connectivity index (χ0v) is 10.1. The van der Waals surface area contributed by atoms with E-state index in [1.165, 1.54) is 0 Å². The summed E-state index contributed by atoms with van der Waals surface area (Å²) in [6.07, 6.45) is 4.92. The molecule has 7 heteroatoms. The Kier molecular flexibility index (Phi) is 2.64. The van der Waals surface area contributed by atoms with E-state index in [-0.39, 0.29) is 0 Å². The fourth-order valence-corrected chi connectivity index (χ4v) is 1.68. The van der Waals surface area contributed by atoms with Crippen LogP contribution in [0.2, 0.25) is 0 Å². The van der Waals surface area contributed by atoms with E-state index in [1.54, 1.807) is 48.4 Å². The van der Waals surface area contributed by atoms with Crippen molar-refractivity contribution >= 4 is 11.3 Å². The molecule has 7 nitrogen and oxygen atoms in total. The molecule has 19 heavy (non-hydrogen) atoms. The lowest BCUT2D eigenvalue weighted by Gasteiger charge is -2.10. The number of hydrogen-bond donors (Lipinski definition) is 1. The van der Waals surface area contributed by atoms with Crippen molar-refractivity contribution in [1.29, 1.82) is 0 Å². The van der Waals surface area contributed by atoms with Crippen molar-refractivity contribution in [2.24, 2.45) is 0 Å². The Bertz CT molecular complexity index is 725. The lowest BCUT2D eigenvalue weighted by molar-refractivity contribution is 0.375. The number of ether oxygens (including phenoxy) is 2. The minimum Gasteiger partial charge on any atom is -0.493 e. The molecule has 0 saturated heterocycles. The SMILES string of the molecule is COc1cc(N)ccc1Oc1nccn2cnnc12. The maximum absolute atomic E-state index is 5.71. The fraction of sp³-hybridized carbons (Fsp3) is 0.0833. The van der Waals surface area contributed by atoms with Crippen LogP contribution in [-0.4, -0.2) is 26.7 Å².